The Labute approximate surface area is 123 Å². The number of rotatable bonds is 2. The van der Waals surface area contributed by atoms with Crippen molar-refractivity contribution in [3.63, 3.8) is 0 Å². The molecule has 0 aromatic heterocycles. The van der Waals surface area contributed by atoms with Crippen LogP contribution in [0.4, 0.5) is 0 Å². The Morgan fingerprint density at radius 1 is 1.29 bits per heavy atom. The molecule has 1 aliphatic heterocycles. The van der Waals surface area contributed by atoms with E-state index in [4.69, 9.17) is 0 Å². The van der Waals surface area contributed by atoms with Crippen LogP contribution in [-0.4, -0.2) is 39.6 Å². The summed E-state index contributed by atoms with van der Waals surface area (Å²) in [7, 11) is 0. The molecule has 3 rings (SSSR count). The summed E-state index contributed by atoms with van der Waals surface area (Å²) in [6.07, 6.45) is 2.95. The topological polar surface area (TPSA) is 77.8 Å². The quantitative estimate of drug-likeness (QED) is 0.873. The zero-order valence-electron chi connectivity index (χ0n) is 12.0. The molecule has 1 aromatic rings. The number of hydrogen-bond donors (Lipinski definition) is 2. The van der Waals surface area contributed by atoms with Gasteiger partial charge in [0, 0.05) is 12.1 Å². The number of carbonyl (C=O) groups excluding carboxylic acids is 1. The molecule has 1 saturated carbocycles. The van der Waals surface area contributed by atoms with E-state index < -0.39 is 12.0 Å². The van der Waals surface area contributed by atoms with Crippen LogP contribution in [0.5, 0.6) is 5.75 Å². The summed E-state index contributed by atoms with van der Waals surface area (Å²) in [6, 6.07) is 3.94. The smallest absolute Gasteiger partial charge is 0.326 e. The molecule has 0 radical (unpaired) electrons. The first kappa shape index (κ1) is 13.9. The molecular formula is C16H19NO4. The van der Waals surface area contributed by atoms with Crippen LogP contribution in [0.15, 0.2) is 18.2 Å². The first-order valence-electron chi connectivity index (χ1n) is 7.32. The number of benzene rings is 1. The second-order valence-corrected chi connectivity index (χ2v) is 6.10. The zero-order chi connectivity index (χ0) is 15.1. The van der Waals surface area contributed by atoms with E-state index in [0.29, 0.717) is 23.6 Å². The minimum atomic E-state index is -0.909. The molecule has 1 amide bonds. The number of carboxylic acids is 1. The van der Waals surface area contributed by atoms with Crippen molar-refractivity contribution in [2.75, 3.05) is 6.54 Å². The molecule has 2 aliphatic rings. The molecule has 2 fully saturated rings. The van der Waals surface area contributed by atoms with Gasteiger partial charge >= 0.3 is 5.97 Å². The minimum absolute atomic E-state index is 0.0876. The van der Waals surface area contributed by atoms with Gasteiger partial charge in [-0.1, -0.05) is 6.42 Å². The Hall–Kier alpha value is -2.04. The number of carboxylic acid groups (broad SMARTS) is 1. The number of carbonyl (C=O) groups is 2. The van der Waals surface area contributed by atoms with Crippen molar-refractivity contribution >= 4 is 11.9 Å². The van der Waals surface area contributed by atoms with Gasteiger partial charge in [-0.2, -0.15) is 0 Å². The number of amides is 1. The summed E-state index contributed by atoms with van der Waals surface area (Å²) < 4.78 is 0. The van der Waals surface area contributed by atoms with E-state index in [1.165, 1.54) is 11.0 Å². The number of aromatic hydroxyl groups is 1. The fraction of sp³-hybridized carbons (Fsp3) is 0.500. The van der Waals surface area contributed by atoms with Crippen LogP contribution < -0.4 is 0 Å². The molecule has 0 spiro atoms. The summed E-state index contributed by atoms with van der Waals surface area (Å²) in [5.74, 6) is -0.620. The van der Waals surface area contributed by atoms with Crippen molar-refractivity contribution in [3.05, 3.63) is 29.3 Å². The molecule has 1 aliphatic carbocycles. The Bertz CT molecular complexity index is 598. The maximum absolute atomic E-state index is 12.6. The van der Waals surface area contributed by atoms with Crippen molar-refractivity contribution in [2.24, 2.45) is 11.8 Å². The molecule has 1 saturated heterocycles. The van der Waals surface area contributed by atoms with E-state index in [-0.39, 0.29) is 17.6 Å². The van der Waals surface area contributed by atoms with Crippen LogP contribution in [-0.2, 0) is 4.79 Å². The van der Waals surface area contributed by atoms with Gasteiger partial charge in [0.05, 0.1) is 0 Å². The van der Waals surface area contributed by atoms with E-state index in [9.17, 15) is 19.8 Å². The van der Waals surface area contributed by atoms with E-state index in [2.05, 4.69) is 0 Å². The normalized spacial score (nSPS) is 27.7. The second kappa shape index (κ2) is 5.06. The Morgan fingerprint density at radius 2 is 2.05 bits per heavy atom. The molecule has 3 unspecified atom stereocenters. The SMILES string of the molecule is Cc1cc(C(=O)N2CC3CCCC3C2C(=O)O)ccc1O. The molecule has 0 bridgehead atoms. The fourth-order valence-electron chi connectivity index (χ4n) is 3.79. The van der Waals surface area contributed by atoms with E-state index in [0.717, 1.165) is 19.3 Å². The van der Waals surface area contributed by atoms with Gasteiger partial charge < -0.3 is 15.1 Å². The predicted octanol–water partition coefficient (Wildman–Crippen LogP) is 2.03. The summed E-state index contributed by atoms with van der Waals surface area (Å²) in [6.45, 7) is 2.25. The highest BCUT2D eigenvalue weighted by molar-refractivity contribution is 5.97. The predicted molar refractivity (Wildman–Crippen MR) is 76.1 cm³/mol. The number of phenolic OH excluding ortho intramolecular Hbond substituents is 1. The molecule has 112 valence electrons. The Morgan fingerprint density at radius 3 is 2.71 bits per heavy atom. The van der Waals surface area contributed by atoms with Crippen molar-refractivity contribution < 1.29 is 19.8 Å². The van der Waals surface area contributed by atoms with E-state index in [1.54, 1.807) is 19.1 Å². The largest absolute Gasteiger partial charge is 0.508 e. The minimum Gasteiger partial charge on any atom is -0.508 e. The lowest BCUT2D eigenvalue weighted by atomic mass is 9.94. The lowest BCUT2D eigenvalue weighted by molar-refractivity contribution is -0.142. The van der Waals surface area contributed by atoms with Crippen LogP contribution in [0.25, 0.3) is 0 Å². The number of hydrogen-bond acceptors (Lipinski definition) is 3. The fourth-order valence-corrected chi connectivity index (χ4v) is 3.79. The Balaban J connectivity index is 1.89. The highest BCUT2D eigenvalue weighted by Crippen LogP contribution is 2.42. The third-order valence-electron chi connectivity index (χ3n) is 4.85. The monoisotopic (exact) mass is 289 g/mol. The van der Waals surface area contributed by atoms with Gasteiger partial charge in [-0.3, -0.25) is 4.79 Å². The number of aliphatic carboxylic acids is 1. The maximum Gasteiger partial charge on any atom is 0.326 e. The first-order chi connectivity index (χ1) is 9.99. The molecular weight excluding hydrogens is 270 g/mol. The summed E-state index contributed by atoms with van der Waals surface area (Å²) in [5, 5.41) is 19.0. The summed E-state index contributed by atoms with van der Waals surface area (Å²) in [5.41, 5.74) is 1.06. The van der Waals surface area contributed by atoms with Crippen molar-refractivity contribution in [3.8, 4) is 5.75 Å². The van der Waals surface area contributed by atoms with Gasteiger partial charge in [0.15, 0.2) is 0 Å². The summed E-state index contributed by atoms with van der Waals surface area (Å²) in [4.78, 5) is 25.7. The van der Waals surface area contributed by atoms with Gasteiger partial charge in [0.25, 0.3) is 5.91 Å². The van der Waals surface area contributed by atoms with Gasteiger partial charge in [-0.15, -0.1) is 0 Å². The third-order valence-corrected chi connectivity index (χ3v) is 4.85. The third kappa shape index (κ3) is 2.26. The number of nitrogens with zero attached hydrogens (tertiary/aromatic N) is 1. The molecule has 5 heteroatoms. The zero-order valence-corrected chi connectivity index (χ0v) is 12.0. The van der Waals surface area contributed by atoms with Gasteiger partial charge in [0.2, 0.25) is 0 Å². The van der Waals surface area contributed by atoms with Crippen LogP contribution in [0.3, 0.4) is 0 Å². The van der Waals surface area contributed by atoms with Gasteiger partial charge in [0.1, 0.15) is 11.8 Å². The number of phenols is 1. The van der Waals surface area contributed by atoms with Crippen molar-refractivity contribution in [1.82, 2.24) is 4.90 Å². The van der Waals surface area contributed by atoms with E-state index in [1.807, 2.05) is 0 Å². The van der Waals surface area contributed by atoms with Gasteiger partial charge in [-0.25, -0.2) is 4.79 Å². The average Bonchev–Trinajstić information content (AvgIpc) is 3.00. The number of likely N-dealkylation sites (tertiary alicyclic amines) is 1. The molecule has 3 atom stereocenters. The average molecular weight is 289 g/mol. The van der Waals surface area contributed by atoms with Crippen LogP contribution >= 0.6 is 0 Å². The van der Waals surface area contributed by atoms with Crippen LogP contribution in [0, 0.1) is 18.8 Å². The first-order valence-corrected chi connectivity index (χ1v) is 7.32. The maximum atomic E-state index is 12.6. The van der Waals surface area contributed by atoms with Crippen LogP contribution in [0.2, 0.25) is 0 Å². The second-order valence-electron chi connectivity index (χ2n) is 6.10. The van der Waals surface area contributed by atoms with E-state index >= 15 is 0 Å². The highest BCUT2D eigenvalue weighted by atomic mass is 16.4. The highest BCUT2D eigenvalue weighted by Gasteiger charge is 2.49. The standard InChI is InChI=1S/C16H19NO4/c1-9-7-10(5-6-13(9)18)15(19)17-8-11-3-2-4-12(11)14(17)16(20)21/h5-7,11-12,14,18H,2-4,8H2,1H3,(H,20,21). The Kier molecular flexibility index (Phi) is 3.35. The lowest BCUT2D eigenvalue weighted by Crippen LogP contribution is -2.43. The molecule has 2 N–H and O–H groups in total. The number of aryl methyl sites for hydroxylation is 1. The molecule has 21 heavy (non-hydrogen) atoms. The molecule has 1 aromatic carbocycles. The number of fused-ring (bicyclic) bond motifs is 1. The summed E-state index contributed by atoms with van der Waals surface area (Å²) >= 11 is 0. The van der Waals surface area contributed by atoms with Crippen molar-refractivity contribution in [2.45, 2.75) is 32.2 Å². The van der Waals surface area contributed by atoms with Crippen molar-refractivity contribution in [1.29, 1.82) is 0 Å². The van der Waals surface area contributed by atoms with Crippen LogP contribution in [0.1, 0.15) is 35.2 Å². The van der Waals surface area contributed by atoms with Gasteiger partial charge in [-0.05, 0) is 55.4 Å². The molecule has 5 nitrogen and oxygen atoms in total. The molecule has 1 heterocycles. The lowest BCUT2D eigenvalue weighted by Gasteiger charge is -2.24.